The highest BCUT2D eigenvalue weighted by Crippen LogP contribution is 2.19. The molecule has 0 aliphatic heterocycles. The lowest BCUT2D eigenvalue weighted by molar-refractivity contribution is 0.413. The van der Waals surface area contributed by atoms with E-state index in [4.69, 9.17) is 0 Å². The molecular weight excluding hydrogens is 240 g/mol. The van der Waals surface area contributed by atoms with Crippen LogP contribution in [-0.4, -0.2) is 0 Å². The topological polar surface area (TPSA) is 0 Å². The normalized spacial score (nSPS) is 16.1. The van der Waals surface area contributed by atoms with Gasteiger partial charge in [-0.3, -0.25) is 0 Å². The summed E-state index contributed by atoms with van der Waals surface area (Å²) in [5.41, 5.74) is 1.47. The zero-order chi connectivity index (χ0) is 15.4. The first-order chi connectivity index (χ1) is 9.45. The molecule has 0 N–H and O–H groups in total. The van der Waals surface area contributed by atoms with Gasteiger partial charge in [-0.05, 0) is 37.5 Å². The summed E-state index contributed by atoms with van der Waals surface area (Å²) < 4.78 is 0. The average molecular weight is 279 g/mol. The Bertz CT molecular complexity index is 270. The highest BCUT2D eigenvalue weighted by molar-refractivity contribution is 5.10. The van der Waals surface area contributed by atoms with Crippen LogP contribution in [0.2, 0.25) is 0 Å². The van der Waals surface area contributed by atoms with E-state index in [0.29, 0.717) is 0 Å². The zero-order valence-electron chi connectivity index (χ0n) is 14.9. The second kappa shape index (κ2) is 12.2. The molecule has 0 saturated carbocycles. The van der Waals surface area contributed by atoms with Gasteiger partial charge in [-0.15, -0.1) is 0 Å². The summed E-state index contributed by atoms with van der Waals surface area (Å²) in [7, 11) is 0. The molecule has 0 rings (SSSR count). The van der Waals surface area contributed by atoms with E-state index < -0.39 is 0 Å². The number of rotatable bonds is 11. The maximum atomic E-state index is 2.42. The predicted octanol–water partition coefficient (Wildman–Crippen LogP) is 7.17. The molecule has 0 heterocycles. The summed E-state index contributed by atoms with van der Waals surface area (Å²) in [6.45, 7) is 13.8. The lowest BCUT2D eigenvalue weighted by atomic mass is 9.93. The second-order valence-electron chi connectivity index (χ2n) is 7.09. The highest BCUT2D eigenvalue weighted by Gasteiger charge is 2.04. The van der Waals surface area contributed by atoms with Crippen molar-refractivity contribution in [2.75, 3.05) is 0 Å². The van der Waals surface area contributed by atoms with E-state index >= 15 is 0 Å². The Morgan fingerprint density at radius 3 is 2.05 bits per heavy atom. The molecule has 0 amide bonds. The smallest absolute Gasteiger partial charge is 0.0259 e. The van der Waals surface area contributed by atoms with Gasteiger partial charge in [-0.1, -0.05) is 90.5 Å². The van der Waals surface area contributed by atoms with Crippen molar-refractivity contribution in [1.82, 2.24) is 0 Å². The standard InChI is InChI=1S/C20H38/c1-7-18(4)12-9-14-20(6)16-10-15-19(5)13-8-11-17(2)3/h9,12,14,17,19-20H,7-8,10-11,13,15-16H2,1-6H3/b14-9+,18-12+. The monoisotopic (exact) mass is 278 g/mol. The summed E-state index contributed by atoms with van der Waals surface area (Å²) in [6.07, 6.45) is 16.4. The van der Waals surface area contributed by atoms with Gasteiger partial charge in [-0.25, -0.2) is 0 Å². The minimum Gasteiger partial charge on any atom is -0.0817 e. The Balaban J connectivity index is 3.67. The molecule has 0 heteroatoms. The molecule has 118 valence electrons. The lowest BCUT2D eigenvalue weighted by Gasteiger charge is -2.13. The fourth-order valence-corrected chi connectivity index (χ4v) is 2.43. The number of allylic oxidation sites excluding steroid dienone is 4. The van der Waals surface area contributed by atoms with Crippen molar-refractivity contribution in [2.24, 2.45) is 17.8 Å². The number of hydrogen-bond donors (Lipinski definition) is 0. The van der Waals surface area contributed by atoms with E-state index in [1.54, 1.807) is 0 Å². The summed E-state index contributed by atoms with van der Waals surface area (Å²) in [5.74, 6) is 2.50. The largest absolute Gasteiger partial charge is 0.0817 e. The van der Waals surface area contributed by atoms with Gasteiger partial charge in [0.1, 0.15) is 0 Å². The molecule has 0 aromatic rings. The van der Waals surface area contributed by atoms with Crippen molar-refractivity contribution >= 4 is 0 Å². The maximum absolute atomic E-state index is 2.42. The fourth-order valence-electron chi connectivity index (χ4n) is 2.43. The van der Waals surface area contributed by atoms with Crippen LogP contribution in [0.15, 0.2) is 23.8 Å². The molecule has 0 aliphatic rings. The molecule has 0 spiro atoms. The molecule has 0 bridgehead atoms. The third kappa shape index (κ3) is 12.5. The van der Waals surface area contributed by atoms with Crippen molar-refractivity contribution in [3.63, 3.8) is 0 Å². The van der Waals surface area contributed by atoms with Gasteiger partial charge < -0.3 is 0 Å². The van der Waals surface area contributed by atoms with Crippen LogP contribution in [0, 0.1) is 17.8 Å². The average Bonchev–Trinajstić information content (AvgIpc) is 2.38. The fraction of sp³-hybridized carbons (Fsp3) is 0.800. The van der Waals surface area contributed by atoms with Crippen molar-refractivity contribution in [1.29, 1.82) is 0 Å². The van der Waals surface area contributed by atoms with Gasteiger partial charge in [0.15, 0.2) is 0 Å². The quantitative estimate of drug-likeness (QED) is 0.351. The van der Waals surface area contributed by atoms with Crippen molar-refractivity contribution in [3.05, 3.63) is 23.8 Å². The summed E-state index contributed by atoms with van der Waals surface area (Å²) in [6, 6.07) is 0. The molecule has 2 atom stereocenters. The van der Waals surface area contributed by atoms with E-state index in [1.807, 2.05) is 0 Å². The third-order valence-electron chi connectivity index (χ3n) is 4.21. The van der Waals surface area contributed by atoms with E-state index in [0.717, 1.165) is 24.2 Å². The lowest BCUT2D eigenvalue weighted by Crippen LogP contribution is -1.98. The van der Waals surface area contributed by atoms with Crippen molar-refractivity contribution < 1.29 is 0 Å². The molecule has 0 nitrogen and oxygen atoms in total. The maximum Gasteiger partial charge on any atom is -0.0259 e. The van der Waals surface area contributed by atoms with Crippen molar-refractivity contribution in [3.8, 4) is 0 Å². The van der Waals surface area contributed by atoms with E-state index in [9.17, 15) is 0 Å². The van der Waals surface area contributed by atoms with E-state index in [1.165, 1.54) is 44.1 Å². The van der Waals surface area contributed by atoms with Crippen LogP contribution in [-0.2, 0) is 0 Å². The minimum absolute atomic E-state index is 0.721. The molecule has 2 unspecified atom stereocenters. The second-order valence-corrected chi connectivity index (χ2v) is 7.09. The van der Waals surface area contributed by atoms with Crippen LogP contribution in [0.25, 0.3) is 0 Å². The Morgan fingerprint density at radius 1 is 0.900 bits per heavy atom. The Morgan fingerprint density at radius 2 is 1.50 bits per heavy atom. The molecule has 20 heavy (non-hydrogen) atoms. The highest BCUT2D eigenvalue weighted by atomic mass is 14.1. The van der Waals surface area contributed by atoms with Crippen LogP contribution >= 0.6 is 0 Å². The van der Waals surface area contributed by atoms with E-state index in [-0.39, 0.29) is 0 Å². The van der Waals surface area contributed by atoms with Crippen LogP contribution in [0.5, 0.6) is 0 Å². The molecule has 0 aromatic heterocycles. The Kier molecular flexibility index (Phi) is 11.9. The molecule has 0 radical (unpaired) electrons. The van der Waals surface area contributed by atoms with Crippen molar-refractivity contribution in [2.45, 2.75) is 86.5 Å². The van der Waals surface area contributed by atoms with Gasteiger partial charge in [0.05, 0.1) is 0 Å². The van der Waals surface area contributed by atoms with Crippen LogP contribution in [0.1, 0.15) is 86.5 Å². The molecule has 0 aromatic carbocycles. The van der Waals surface area contributed by atoms with Crippen LogP contribution in [0.4, 0.5) is 0 Å². The minimum atomic E-state index is 0.721. The summed E-state index contributed by atoms with van der Waals surface area (Å²) >= 11 is 0. The van der Waals surface area contributed by atoms with Crippen LogP contribution in [0.3, 0.4) is 0 Å². The molecular formula is C20H38. The predicted molar refractivity (Wildman–Crippen MR) is 94.1 cm³/mol. The van der Waals surface area contributed by atoms with Crippen LogP contribution < -0.4 is 0 Å². The van der Waals surface area contributed by atoms with Gasteiger partial charge in [-0.2, -0.15) is 0 Å². The third-order valence-corrected chi connectivity index (χ3v) is 4.21. The van der Waals surface area contributed by atoms with Gasteiger partial charge in [0, 0.05) is 0 Å². The number of hydrogen-bond acceptors (Lipinski definition) is 0. The first-order valence-electron chi connectivity index (χ1n) is 8.79. The Hall–Kier alpha value is -0.520. The first kappa shape index (κ1) is 19.5. The molecule has 0 fully saturated rings. The summed E-state index contributed by atoms with van der Waals surface area (Å²) in [5, 5.41) is 0. The van der Waals surface area contributed by atoms with E-state index in [2.05, 4.69) is 59.8 Å². The summed E-state index contributed by atoms with van der Waals surface area (Å²) in [4.78, 5) is 0. The van der Waals surface area contributed by atoms with Gasteiger partial charge >= 0.3 is 0 Å². The SMILES string of the molecule is CC/C(C)=C/C=C/C(C)CCCC(C)CCCC(C)C. The first-order valence-corrected chi connectivity index (χ1v) is 8.79. The molecule has 0 saturated heterocycles. The molecule has 0 aliphatic carbocycles. The Labute approximate surface area is 128 Å². The zero-order valence-corrected chi connectivity index (χ0v) is 14.9. The van der Waals surface area contributed by atoms with Gasteiger partial charge in [0.2, 0.25) is 0 Å². The van der Waals surface area contributed by atoms with Gasteiger partial charge in [0.25, 0.3) is 0 Å².